The van der Waals surface area contributed by atoms with Crippen molar-refractivity contribution in [1.29, 1.82) is 0 Å². The number of sulfonamides is 1. The molecule has 208 valence electrons. The van der Waals surface area contributed by atoms with Crippen LogP contribution in [0.1, 0.15) is 12.5 Å². The number of nitrogens with one attached hydrogen (secondary N) is 2. The number of nitrogens with zero attached hydrogens (tertiary/aromatic N) is 4. The zero-order valence-corrected chi connectivity index (χ0v) is 23.6. The lowest BCUT2D eigenvalue weighted by Gasteiger charge is -2.30. The number of ether oxygens (including phenoxy) is 3. The van der Waals surface area contributed by atoms with Gasteiger partial charge in [0.05, 0.1) is 31.4 Å². The molecule has 2 aromatic carbocycles. The molecular weight excluding hydrogens is 544 g/mol. The largest absolute Gasteiger partial charge is 0.486 e. The Labute approximate surface area is 233 Å². The van der Waals surface area contributed by atoms with Crippen LogP contribution in [-0.4, -0.2) is 71.2 Å². The van der Waals surface area contributed by atoms with Gasteiger partial charge in [-0.1, -0.05) is 18.5 Å². The lowest BCUT2D eigenvalue weighted by Crippen LogP contribution is -2.36. The van der Waals surface area contributed by atoms with E-state index < -0.39 is 10.0 Å². The maximum absolute atomic E-state index is 12.5. The average molecular weight is 575 g/mol. The molecule has 0 unspecified atom stereocenters. The molecule has 11 nitrogen and oxygen atoms in total. The van der Waals surface area contributed by atoms with E-state index >= 15 is 0 Å². The normalized spacial score (nSPS) is 15.1. The van der Waals surface area contributed by atoms with Gasteiger partial charge in [0.25, 0.3) is 0 Å². The topological polar surface area (TPSA) is 118 Å². The number of hydrogen-bond acceptors (Lipinski definition) is 10. The number of anilines is 6. The van der Waals surface area contributed by atoms with E-state index in [1.165, 1.54) is 24.5 Å². The number of benzene rings is 2. The van der Waals surface area contributed by atoms with E-state index in [4.69, 9.17) is 25.8 Å². The highest BCUT2D eigenvalue weighted by molar-refractivity contribution is 7.92. The summed E-state index contributed by atoms with van der Waals surface area (Å²) in [6.45, 7) is 5.99. The Morgan fingerprint density at radius 2 is 1.85 bits per heavy atom. The van der Waals surface area contributed by atoms with Crippen molar-refractivity contribution >= 4 is 56.1 Å². The Morgan fingerprint density at radius 3 is 2.59 bits per heavy atom. The second kappa shape index (κ2) is 11.3. The fourth-order valence-electron chi connectivity index (χ4n) is 4.51. The Bertz CT molecular complexity index is 1470. The second-order valence-corrected chi connectivity index (χ2v) is 11.6. The molecule has 1 aromatic heterocycles. The molecule has 0 radical (unpaired) electrons. The zero-order valence-electron chi connectivity index (χ0n) is 22.0. The number of aryl methyl sites for hydroxylation is 1. The highest BCUT2D eigenvalue weighted by Gasteiger charge is 2.27. The van der Waals surface area contributed by atoms with Crippen molar-refractivity contribution in [3.63, 3.8) is 0 Å². The summed E-state index contributed by atoms with van der Waals surface area (Å²) in [6.07, 6.45) is 3.48. The second-order valence-electron chi connectivity index (χ2n) is 9.15. The minimum Gasteiger partial charge on any atom is -0.486 e. The van der Waals surface area contributed by atoms with Crippen LogP contribution in [0.2, 0.25) is 5.02 Å². The first-order chi connectivity index (χ1) is 18.7. The van der Waals surface area contributed by atoms with Crippen molar-refractivity contribution in [2.24, 2.45) is 0 Å². The van der Waals surface area contributed by atoms with E-state index in [0.29, 0.717) is 47.9 Å². The van der Waals surface area contributed by atoms with Crippen LogP contribution in [-0.2, 0) is 21.2 Å². The molecule has 1 saturated heterocycles. The molecule has 5 rings (SSSR count). The number of rotatable bonds is 8. The van der Waals surface area contributed by atoms with Crippen molar-refractivity contribution < 1.29 is 22.6 Å². The molecule has 0 saturated carbocycles. The SMILES string of the molecule is CCc1cc(Nc2ncc(Cl)c(Nc3ccc4c(c3N(C)S(C)(=O)=O)OCCO4)n2)ccc1N1CCOCC1. The number of hydrogen-bond donors (Lipinski definition) is 2. The maximum atomic E-state index is 12.5. The van der Waals surface area contributed by atoms with Crippen LogP contribution in [0.3, 0.4) is 0 Å². The third kappa shape index (κ3) is 5.92. The third-order valence-corrected chi connectivity index (χ3v) is 8.01. The molecule has 3 aromatic rings. The molecule has 0 aliphatic carbocycles. The van der Waals surface area contributed by atoms with Gasteiger partial charge < -0.3 is 29.7 Å². The van der Waals surface area contributed by atoms with E-state index in [2.05, 4.69) is 44.6 Å². The molecule has 3 heterocycles. The molecule has 2 N–H and O–H groups in total. The summed E-state index contributed by atoms with van der Waals surface area (Å²) in [7, 11) is -2.16. The third-order valence-electron chi connectivity index (χ3n) is 6.56. The number of halogens is 1. The fourth-order valence-corrected chi connectivity index (χ4v) is 5.16. The summed E-state index contributed by atoms with van der Waals surface area (Å²) in [5.74, 6) is 1.42. The van der Waals surface area contributed by atoms with Gasteiger partial charge in [-0.15, -0.1) is 0 Å². The molecule has 0 spiro atoms. The minimum absolute atomic E-state index is 0.264. The van der Waals surface area contributed by atoms with Crippen LogP contribution in [0.25, 0.3) is 0 Å². The van der Waals surface area contributed by atoms with Gasteiger partial charge in [0, 0.05) is 31.5 Å². The number of morpholine rings is 1. The predicted molar refractivity (Wildman–Crippen MR) is 153 cm³/mol. The van der Waals surface area contributed by atoms with Crippen LogP contribution in [0.4, 0.5) is 34.5 Å². The molecule has 39 heavy (non-hydrogen) atoms. The summed E-state index contributed by atoms with van der Waals surface area (Å²) in [4.78, 5) is 11.3. The highest BCUT2D eigenvalue weighted by atomic mass is 35.5. The maximum Gasteiger partial charge on any atom is 0.232 e. The highest BCUT2D eigenvalue weighted by Crippen LogP contribution is 2.46. The number of fused-ring (bicyclic) bond motifs is 1. The molecule has 1 fully saturated rings. The van der Waals surface area contributed by atoms with Gasteiger partial charge in [0.1, 0.15) is 23.9 Å². The van der Waals surface area contributed by atoms with Gasteiger partial charge in [0.15, 0.2) is 17.3 Å². The van der Waals surface area contributed by atoms with Gasteiger partial charge in [-0.2, -0.15) is 4.98 Å². The van der Waals surface area contributed by atoms with E-state index in [0.717, 1.165) is 49.0 Å². The Balaban J connectivity index is 1.43. The standard InChI is InChI=1S/C26H31ClN6O5S/c1-4-17-15-18(5-7-21(17)33-9-11-36-12-10-33)29-26-28-16-19(27)25(31-26)30-20-6-8-22-24(38-14-13-37-22)23(20)32(2)39(3,34)35/h5-8,15-16H,4,9-14H2,1-3H3,(H2,28,29,30,31). The van der Waals surface area contributed by atoms with Gasteiger partial charge in [-0.25, -0.2) is 13.4 Å². The van der Waals surface area contributed by atoms with Crippen molar-refractivity contribution in [3.8, 4) is 11.5 Å². The summed E-state index contributed by atoms with van der Waals surface area (Å²) < 4.78 is 43.0. The molecule has 0 bridgehead atoms. The summed E-state index contributed by atoms with van der Waals surface area (Å²) >= 11 is 6.45. The van der Waals surface area contributed by atoms with Gasteiger partial charge in [0.2, 0.25) is 16.0 Å². The fraction of sp³-hybridized carbons (Fsp3) is 0.385. The summed E-state index contributed by atoms with van der Waals surface area (Å²) in [6, 6.07) is 9.61. The van der Waals surface area contributed by atoms with E-state index in [1.807, 2.05) is 6.07 Å². The lowest BCUT2D eigenvalue weighted by atomic mass is 10.1. The molecule has 0 amide bonds. The molecule has 2 aliphatic heterocycles. The minimum atomic E-state index is -3.61. The van der Waals surface area contributed by atoms with Gasteiger partial charge >= 0.3 is 0 Å². The van der Waals surface area contributed by atoms with Crippen molar-refractivity contribution in [2.75, 3.05) is 72.7 Å². The summed E-state index contributed by atoms with van der Waals surface area (Å²) in [5, 5.41) is 6.68. The van der Waals surface area contributed by atoms with Crippen molar-refractivity contribution in [3.05, 3.63) is 47.1 Å². The van der Waals surface area contributed by atoms with Crippen molar-refractivity contribution in [2.45, 2.75) is 13.3 Å². The number of aromatic nitrogens is 2. The Kier molecular flexibility index (Phi) is 7.87. The van der Waals surface area contributed by atoms with E-state index in [9.17, 15) is 8.42 Å². The van der Waals surface area contributed by atoms with Gasteiger partial charge in [-0.3, -0.25) is 4.31 Å². The van der Waals surface area contributed by atoms with E-state index in [1.54, 1.807) is 12.1 Å². The average Bonchev–Trinajstić information content (AvgIpc) is 2.94. The Morgan fingerprint density at radius 1 is 1.08 bits per heavy atom. The quantitative estimate of drug-likeness (QED) is 0.405. The van der Waals surface area contributed by atoms with Gasteiger partial charge in [-0.05, 0) is 42.3 Å². The monoisotopic (exact) mass is 574 g/mol. The lowest BCUT2D eigenvalue weighted by molar-refractivity contribution is 0.122. The van der Waals surface area contributed by atoms with Crippen LogP contribution >= 0.6 is 11.6 Å². The first-order valence-electron chi connectivity index (χ1n) is 12.6. The van der Waals surface area contributed by atoms with Crippen molar-refractivity contribution in [1.82, 2.24) is 9.97 Å². The van der Waals surface area contributed by atoms with Crippen LogP contribution < -0.4 is 29.3 Å². The van der Waals surface area contributed by atoms with Crippen LogP contribution in [0.5, 0.6) is 11.5 Å². The first-order valence-corrected chi connectivity index (χ1v) is 14.9. The zero-order chi connectivity index (χ0) is 27.6. The summed E-state index contributed by atoms with van der Waals surface area (Å²) in [5.41, 5.74) is 3.98. The van der Waals surface area contributed by atoms with Crippen LogP contribution in [0.15, 0.2) is 36.5 Å². The molecule has 13 heteroatoms. The molecular formula is C26H31ClN6O5S. The van der Waals surface area contributed by atoms with Crippen LogP contribution in [0, 0.1) is 0 Å². The van der Waals surface area contributed by atoms with E-state index in [-0.39, 0.29) is 5.02 Å². The smallest absolute Gasteiger partial charge is 0.232 e. The Hall–Kier alpha value is -3.48. The molecule has 2 aliphatic rings. The predicted octanol–water partition coefficient (Wildman–Crippen LogP) is 4.18. The molecule has 0 atom stereocenters. The first kappa shape index (κ1) is 27.1.